The Hall–Kier alpha value is -0.390. The van der Waals surface area contributed by atoms with E-state index in [1.165, 1.54) is 46.1 Å². The molecule has 112 valence electrons. The zero-order chi connectivity index (χ0) is 14.7. The molecular weight excluding hydrogens is 389 g/mol. The van der Waals surface area contributed by atoms with Gasteiger partial charge in [0.25, 0.3) is 0 Å². The Morgan fingerprint density at radius 1 is 1.14 bits per heavy atom. The van der Waals surface area contributed by atoms with Gasteiger partial charge in [0.05, 0.1) is 0 Å². The Morgan fingerprint density at radius 2 is 1.90 bits per heavy atom. The second kappa shape index (κ2) is 7.25. The number of thiophene rings is 1. The predicted octanol–water partition coefficient (Wildman–Crippen LogP) is 5.12. The van der Waals surface area contributed by atoms with Gasteiger partial charge in [-0.3, -0.25) is 0 Å². The first-order valence-corrected chi connectivity index (χ1v) is 9.69. The van der Waals surface area contributed by atoms with Gasteiger partial charge in [-0.1, -0.05) is 18.6 Å². The van der Waals surface area contributed by atoms with Gasteiger partial charge in [-0.25, -0.2) is 0 Å². The average molecular weight is 411 g/mol. The number of hydrogen-bond donors (Lipinski definition) is 1. The third-order valence-corrected chi connectivity index (χ3v) is 6.38. The second-order valence-electron chi connectivity index (χ2n) is 5.83. The lowest BCUT2D eigenvalue weighted by Gasteiger charge is -2.14. The number of fused-ring (bicyclic) bond motifs is 1. The molecule has 1 aromatic carbocycles. The van der Waals surface area contributed by atoms with Crippen molar-refractivity contribution < 1.29 is 0 Å². The number of halogens is 1. The summed E-state index contributed by atoms with van der Waals surface area (Å²) in [5.41, 5.74) is 3.04. The summed E-state index contributed by atoms with van der Waals surface area (Å²) in [7, 11) is 2.09. The molecule has 0 fully saturated rings. The maximum Gasteiger partial charge on any atom is 0.0453 e. The van der Waals surface area contributed by atoms with Gasteiger partial charge in [-0.05, 0) is 91.1 Å². The summed E-state index contributed by atoms with van der Waals surface area (Å²) in [6.07, 6.45) is 7.78. The Morgan fingerprint density at radius 3 is 2.67 bits per heavy atom. The van der Waals surface area contributed by atoms with Crippen LogP contribution in [-0.2, 0) is 19.3 Å². The van der Waals surface area contributed by atoms with E-state index < -0.39 is 0 Å². The van der Waals surface area contributed by atoms with Crippen LogP contribution in [0.1, 0.15) is 46.2 Å². The van der Waals surface area contributed by atoms with Gasteiger partial charge < -0.3 is 5.32 Å². The van der Waals surface area contributed by atoms with E-state index in [9.17, 15) is 0 Å². The average Bonchev–Trinajstić information content (AvgIpc) is 2.77. The number of benzene rings is 1. The van der Waals surface area contributed by atoms with Crippen molar-refractivity contribution in [3.63, 3.8) is 0 Å². The summed E-state index contributed by atoms with van der Waals surface area (Å²) in [4.78, 5) is 3.16. The lowest BCUT2D eigenvalue weighted by molar-refractivity contribution is 0.601. The zero-order valence-corrected chi connectivity index (χ0v) is 15.5. The summed E-state index contributed by atoms with van der Waals surface area (Å²) >= 11 is 4.41. The minimum absolute atomic E-state index is 0.446. The quantitative estimate of drug-likeness (QED) is 0.544. The van der Waals surface area contributed by atoms with E-state index in [4.69, 9.17) is 0 Å². The lowest BCUT2D eigenvalue weighted by atomic mass is 10.0. The fourth-order valence-electron chi connectivity index (χ4n) is 3.06. The van der Waals surface area contributed by atoms with Crippen molar-refractivity contribution in [2.45, 2.75) is 44.6 Å². The van der Waals surface area contributed by atoms with Crippen LogP contribution in [0.25, 0.3) is 0 Å². The molecule has 21 heavy (non-hydrogen) atoms. The van der Waals surface area contributed by atoms with E-state index in [0.717, 1.165) is 6.42 Å². The van der Waals surface area contributed by atoms with Crippen LogP contribution in [0.3, 0.4) is 0 Å². The first-order chi connectivity index (χ1) is 10.3. The molecule has 0 amide bonds. The van der Waals surface area contributed by atoms with Crippen LogP contribution in [-0.4, -0.2) is 7.05 Å². The molecule has 3 rings (SSSR count). The van der Waals surface area contributed by atoms with Crippen molar-refractivity contribution in [2.24, 2.45) is 0 Å². The molecule has 0 spiro atoms. The summed E-state index contributed by atoms with van der Waals surface area (Å²) < 4.78 is 1.31. The van der Waals surface area contributed by atoms with E-state index in [1.54, 1.807) is 10.4 Å². The van der Waals surface area contributed by atoms with E-state index in [0.29, 0.717) is 6.04 Å². The van der Waals surface area contributed by atoms with Gasteiger partial charge in [-0.2, -0.15) is 0 Å². The number of nitrogens with one attached hydrogen (secondary N) is 1. The fourth-order valence-corrected chi connectivity index (χ4v) is 4.79. The van der Waals surface area contributed by atoms with Crippen LogP contribution in [0.4, 0.5) is 0 Å². The smallest absolute Gasteiger partial charge is 0.0453 e. The number of aryl methyl sites for hydroxylation is 2. The van der Waals surface area contributed by atoms with Gasteiger partial charge >= 0.3 is 0 Å². The highest BCUT2D eigenvalue weighted by Crippen LogP contribution is 2.33. The minimum atomic E-state index is 0.446. The van der Waals surface area contributed by atoms with Crippen LogP contribution in [0, 0.1) is 3.57 Å². The van der Waals surface area contributed by atoms with Gasteiger partial charge in [0.15, 0.2) is 0 Å². The molecule has 0 saturated carbocycles. The number of rotatable bonds is 4. The van der Waals surface area contributed by atoms with Gasteiger partial charge in [0.1, 0.15) is 0 Å². The van der Waals surface area contributed by atoms with Crippen LogP contribution in [0.15, 0.2) is 30.3 Å². The summed E-state index contributed by atoms with van der Waals surface area (Å²) in [5, 5.41) is 3.51. The van der Waals surface area contributed by atoms with E-state index >= 15 is 0 Å². The fraction of sp³-hybridized carbons (Fsp3) is 0.444. The number of hydrogen-bond acceptors (Lipinski definition) is 2. The van der Waals surface area contributed by atoms with Gasteiger partial charge in [0.2, 0.25) is 0 Å². The van der Waals surface area contributed by atoms with Crippen molar-refractivity contribution in [3.05, 3.63) is 54.8 Å². The predicted molar refractivity (Wildman–Crippen MR) is 100 cm³/mol. The minimum Gasteiger partial charge on any atom is -0.312 e. The van der Waals surface area contributed by atoms with E-state index in [2.05, 4.69) is 65.3 Å². The Balaban J connectivity index is 1.78. The molecule has 0 radical (unpaired) electrons. The van der Waals surface area contributed by atoms with Crippen LogP contribution in [0.2, 0.25) is 0 Å². The molecule has 0 aliphatic heterocycles. The monoisotopic (exact) mass is 411 g/mol. The summed E-state index contributed by atoms with van der Waals surface area (Å²) in [6, 6.07) is 11.8. The lowest BCUT2D eigenvalue weighted by Crippen LogP contribution is -2.17. The molecule has 1 aliphatic carbocycles. The normalized spacial score (nSPS) is 16.3. The zero-order valence-electron chi connectivity index (χ0n) is 12.5. The third-order valence-electron chi connectivity index (χ3n) is 4.31. The molecule has 1 aliphatic rings. The van der Waals surface area contributed by atoms with Crippen molar-refractivity contribution >= 4 is 33.9 Å². The molecule has 1 N–H and O–H groups in total. The molecule has 1 nitrogen and oxygen atoms in total. The number of likely N-dealkylation sites (N-methyl/N-ethyl adjacent to an activating group) is 1. The van der Waals surface area contributed by atoms with Gasteiger partial charge in [0, 0.05) is 19.4 Å². The molecule has 1 aromatic heterocycles. The Kier molecular flexibility index (Phi) is 5.35. The maximum absolute atomic E-state index is 3.51. The van der Waals surface area contributed by atoms with Crippen molar-refractivity contribution in [2.75, 3.05) is 7.05 Å². The first-order valence-electron chi connectivity index (χ1n) is 7.79. The SMILES string of the molecule is CNC(Cc1ccc(I)cc1)c1cc2c(s1)CCCCC2. The first kappa shape index (κ1) is 15.5. The Bertz CT molecular complexity index is 564. The Labute approximate surface area is 145 Å². The van der Waals surface area contributed by atoms with E-state index in [-0.39, 0.29) is 0 Å². The highest BCUT2D eigenvalue weighted by Gasteiger charge is 2.17. The van der Waals surface area contributed by atoms with Crippen LogP contribution < -0.4 is 5.32 Å². The molecule has 1 unspecified atom stereocenters. The molecular formula is C18H22INS. The molecule has 3 heteroatoms. The molecule has 1 heterocycles. The largest absolute Gasteiger partial charge is 0.312 e. The van der Waals surface area contributed by atoms with Crippen molar-refractivity contribution in [3.8, 4) is 0 Å². The molecule has 2 aromatic rings. The standard InChI is InChI=1S/C18H22INS/c1-20-16(11-13-7-9-15(19)10-8-13)18-12-14-5-3-2-4-6-17(14)21-18/h7-10,12,16,20H,2-6,11H2,1H3. The van der Waals surface area contributed by atoms with Crippen molar-refractivity contribution in [1.82, 2.24) is 5.32 Å². The molecule has 0 saturated heterocycles. The highest BCUT2D eigenvalue weighted by atomic mass is 127. The van der Waals surface area contributed by atoms with Crippen molar-refractivity contribution in [1.29, 1.82) is 0 Å². The highest BCUT2D eigenvalue weighted by molar-refractivity contribution is 14.1. The molecule has 1 atom stereocenters. The van der Waals surface area contributed by atoms with Gasteiger partial charge in [-0.15, -0.1) is 11.3 Å². The summed E-state index contributed by atoms with van der Waals surface area (Å²) in [6.45, 7) is 0. The van der Waals surface area contributed by atoms with Crippen LogP contribution in [0.5, 0.6) is 0 Å². The summed E-state index contributed by atoms with van der Waals surface area (Å²) in [5.74, 6) is 0. The molecule has 0 bridgehead atoms. The topological polar surface area (TPSA) is 12.0 Å². The maximum atomic E-state index is 3.51. The second-order valence-corrected chi connectivity index (χ2v) is 8.24. The van der Waals surface area contributed by atoms with E-state index in [1.807, 2.05) is 11.3 Å². The van der Waals surface area contributed by atoms with Crippen LogP contribution >= 0.6 is 33.9 Å². The third kappa shape index (κ3) is 3.88.